The maximum absolute atomic E-state index is 12.0. The van der Waals surface area contributed by atoms with E-state index in [9.17, 15) is 21.6 Å². The Morgan fingerprint density at radius 1 is 0.933 bits per heavy atom. The Labute approximate surface area is 87.7 Å². The quantitative estimate of drug-likeness (QED) is 0.557. The lowest BCUT2D eigenvalue weighted by atomic mass is 9.79. The molecule has 0 aliphatic heterocycles. The lowest BCUT2D eigenvalue weighted by molar-refractivity contribution is -0.0748. The minimum absolute atomic E-state index is 0.731. The molecular weight excluding hydrogens is 233 g/mol. The Hall–Kier alpha value is -0.300. The normalized spacial score (nSPS) is 15.5. The topological polar surface area (TPSA) is 43.4 Å². The van der Waals surface area contributed by atoms with Crippen LogP contribution in [0.4, 0.5) is 13.2 Å². The summed E-state index contributed by atoms with van der Waals surface area (Å²) in [5.74, 6) is 0. The fourth-order valence-electron chi connectivity index (χ4n) is 0.447. The second-order valence-corrected chi connectivity index (χ2v) is 6.28. The van der Waals surface area contributed by atoms with Crippen LogP contribution < -0.4 is 0 Å². The highest BCUT2D eigenvalue weighted by molar-refractivity contribution is 7.87. The van der Waals surface area contributed by atoms with E-state index in [1.165, 1.54) is 13.8 Å². The number of hydrogen-bond donors (Lipinski definition) is 0. The molecule has 0 radical (unpaired) electrons. The van der Waals surface area contributed by atoms with Crippen molar-refractivity contribution in [2.75, 3.05) is 0 Å². The van der Waals surface area contributed by atoms with Crippen LogP contribution in [0.15, 0.2) is 0 Å². The highest BCUT2D eigenvalue weighted by atomic mass is 32.2. The van der Waals surface area contributed by atoms with Crippen molar-refractivity contribution in [2.24, 2.45) is 5.41 Å². The van der Waals surface area contributed by atoms with E-state index < -0.39 is 26.6 Å². The van der Waals surface area contributed by atoms with E-state index in [-0.39, 0.29) is 0 Å². The van der Waals surface area contributed by atoms with E-state index in [4.69, 9.17) is 0 Å². The molecule has 0 atom stereocenters. The summed E-state index contributed by atoms with van der Waals surface area (Å²) in [6.07, 6.45) is 0. The van der Waals surface area contributed by atoms with Crippen molar-refractivity contribution in [3.63, 3.8) is 0 Å². The molecule has 0 aromatic heterocycles. The molecule has 0 rings (SSSR count). The van der Waals surface area contributed by atoms with Crippen molar-refractivity contribution in [1.82, 2.24) is 0 Å². The van der Waals surface area contributed by atoms with Crippen LogP contribution in [0, 0.1) is 5.41 Å². The number of hydrogen-bond acceptors (Lipinski definition) is 3. The summed E-state index contributed by atoms with van der Waals surface area (Å²) in [5.41, 5.74) is -7.54. The van der Waals surface area contributed by atoms with E-state index in [1.807, 2.05) is 0 Å². The van der Waals surface area contributed by atoms with Gasteiger partial charge in [-0.3, -0.25) is 4.18 Å². The zero-order valence-corrected chi connectivity index (χ0v) is 10.1. The first-order valence-corrected chi connectivity index (χ1v) is 5.63. The van der Waals surface area contributed by atoms with Gasteiger partial charge in [-0.2, -0.15) is 21.6 Å². The van der Waals surface area contributed by atoms with E-state index >= 15 is 0 Å². The number of halogens is 3. The van der Waals surface area contributed by atoms with Gasteiger partial charge in [0.2, 0.25) is 0 Å². The van der Waals surface area contributed by atoms with Crippen LogP contribution in [0.3, 0.4) is 0 Å². The standard InChI is InChI=1S/C8H15F3O3S/c1-6(2,3)7(4,5)14-15(12,13)8(9,10)11/h1-5H3. The molecule has 7 heteroatoms. The Morgan fingerprint density at radius 3 is 1.47 bits per heavy atom. The van der Waals surface area contributed by atoms with Crippen LogP contribution in [0.5, 0.6) is 0 Å². The van der Waals surface area contributed by atoms with Gasteiger partial charge in [0.15, 0.2) is 0 Å². The Bertz CT molecular complexity index is 322. The van der Waals surface area contributed by atoms with Crippen LogP contribution in [0.1, 0.15) is 34.6 Å². The van der Waals surface area contributed by atoms with Crippen LogP contribution in [-0.4, -0.2) is 19.5 Å². The molecule has 0 N–H and O–H groups in total. The molecule has 0 heterocycles. The molecule has 0 unspecified atom stereocenters. The maximum atomic E-state index is 12.0. The molecule has 0 fully saturated rings. The number of alkyl halides is 3. The smallest absolute Gasteiger partial charge is 0.257 e. The third-order valence-electron chi connectivity index (χ3n) is 2.41. The van der Waals surface area contributed by atoms with E-state index in [0.29, 0.717) is 0 Å². The summed E-state index contributed by atoms with van der Waals surface area (Å²) in [4.78, 5) is 0. The second-order valence-electron chi connectivity index (χ2n) is 4.74. The summed E-state index contributed by atoms with van der Waals surface area (Å²) >= 11 is 0. The summed E-state index contributed by atoms with van der Waals surface area (Å²) in [6.45, 7) is 7.39. The molecule has 0 bridgehead atoms. The minimum atomic E-state index is -5.54. The van der Waals surface area contributed by atoms with Crippen molar-refractivity contribution < 1.29 is 25.8 Å². The van der Waals surface area contributed by atoms with Crippen LogP contribution >= 0.6 is 0 Å². The molecule has 0 aliphatic carbocycles. The molecular formula is C8H15F3O3S. The zero-order valence-electron chi connectivity index (χ0n) is 9.27. The average molecular weight is 248 g/mol. The molecule has 3 nitrogen and oxygen atoms in total. The first-order chi connectivity index (χ1) is 6.21. The molecule has 0 aromatic carbocycles. The largest absolute Gasteiger partial charge is 0.523 e. The van der Waals surface area contributed by atoms with Gasteiger partial charge in [-0.1, -0.05) is 20.8 Å². The average Bonchev–Trinajstić information content (AvgIpc) is 1.77. The summed E-state index contributed by atoms with van der Waals surface area (Å²) in [5, 5.41) is 0. The summed E-state index contributed by atoms with van der Waals surface area (Å²) in [7, 11) is -5.54. The zero-order chi connectivity index (χ0) is 12.7. The predicted molar refractivity (Wildman–Crippen MR) is 49.6 cm³/mol. The van der Waals surface area contributed by atoms with Crippen LogP contribution in [0.25, 0.3) is 0 Å². The molecule has 92 valence electrons. The van der Waals surface area contributed by atoms with E-state index in [2.05, 4.69) is 4.18 Å². The van der Waals surface area contributed by atoms with Crippen molar-refractivity contribution in [3.05, 3.63) is 0 Å². The van der Waals surface area contributed by atoms with Crippen LogP contribution in [0.2, 0.25) is 0 Å². The van der Waals surface area contributed by atoms with Crippen molar-refractivity contribution >= 4 is 10.1 Å². The molecule has 0 saturated carbocycles. The molecule has 0 aliphatic rings. The first kappa shape index (κ1) is 14.7. The fraction of sp³-hybridized carbons (Fsp3) is 1.00. The van der Waals surface area contributed by atoms with Crippen molar-refractivity contribution in [2.45, 2.75) is 45.7 Å². The molecule has 15 heavy (non-hydrogen) atoms. The monoisotopic (exact) mass is 248 g/mol. The van der Waals surface area contributed by atoms with Gasteiger partial charge >= 0.3 is 15.6 Å². The van der Waals surface area contributed by atoms with Gasteiger partial charge in [0.05, 0.1) is 5.60 Å². The third kappa shape index (κ3) is 3.34. The molecule has 0 spiro atoms. The molecule has 0 amide bonds. The summed E-state index contributed by atoms with van der Waals surface area (Å²) in [6, 6.07) is 0. The van der Waals surface area contributed by atoms with E-state index in [1.54, 1.807) is 20.8 Å². The first-order valence-electron chi connectivity index (χ1n) is 4.23. The van der Waals surface area contributed by atoms with Gasteiger partial charge in [0.25, 0.3) is 0 Å². The molecule has 0 saturated heterocycles. The Balaban J connectivity index is 5.08. The highest BCUT2D eigenvalue weighted by Crippen LogP contribution is 2.37. The van der Waals surface area contributed by atoms with Gasteiger partial charge < -0.3 is 0 Å². The van der Waals surface area contributed by atoms with Gasteiger partial charge in [-0.25, -0.2) is 0 Å². The SMILES string of the molecule is CC(C)(C)C(C)(C)OS(=O)(=O)C(F)(F)F. The molecule has 0 aromatic rings. The summed E-state index contributed by atoms with van der Waals surface area (Å²) < 4.78 is 61.9. The third-order valence-corrected chi connectivity index (χ3v) is 3.61. The van der Waals surface area contributed by atoms with Crippen molar-refractivity contribution in [3.8, 4) is 0 Å². The van der Waals surface area contributed by atoms with Crippen molar-refractivity contribution in [1.29, 1.82) is 0 Å². The lowest BCUT2D eigenvalue weighted by Gasteiger charge is -2.37. The Kier molecular flexibility index (Phi) is 3.55. The maximum Gasteiger partial charge on any atom is 0.523 e. The lowest BCUT2D eigenvalue weighted by Crippen LogP contribution is -2.44. The highest BCUT2D eigenvalue weighted by Gasteiger charge is 2.52. The van der Waals surface area contributed by atoms with Gasteiger partial charge in [0.1, 0.15) is 0 Å². The Morgan fingerprint density at radius 2 is 1.27 bits per heavy atom. The fourth-order valence-corrected chi connectivity index (χ4v) is 1.34. The predicted octanol–water partition coefficient (Wildman–Crippen LogP) is 2.68. The van der Waals surface area contributed by atoms with E-state index in [0.717, 1.165) is 0 Å². The van der Waals surface area contributed by atoms with Gasteiger partial charge in [0, 0.05) is 0 Å². The number of rotatable bonds is 2. The van der Waals surface area contributed by atoms with Gasteiger partial charge in [-0.15, -0.1) is 0 Å². The van der Waals surface area contributed by atoms with Crippen LogP contribution in [-0.2, 0) is 14.3 Å². The second kappa shape index (κ2) is 3.62. The van der Waals surface area contributed by atoms with Gasteiger partial charge in [-0.05, 0) is 19.3 Å². The minimum Gasteiger partial charge on any atom is -0.257 e.